The summed E-state index contributed by atoms with van der Waals surface area (Å²) in [5.74, 6) is -3.41. The zero-order chi connectivity index (χ0) is 34.0. The number of ether oxygens (including phenoxy) is 3. The SMILES string of the molecule is C[C@H]1[C@H](c2ccccc2)OC(=O)[C@H]2[C@@H]3O[C@@]4(C=C3Br)[C@@H]2C(=O)N(CCCO)[C@@H]4C(=O)N(CCN2CCOCC2)C/C=C\CCC(=O)N1C. The van der Waals surface area contributed by atoms with Gasteiger partial charge in [-0.3, -0.25) is 24.1 Å². The Balaban J connectivity index is 1.40. The first kappa shape index (κ1) is 34.8. The molecule has 3 fully saturated rings. The molecule has 5 bridgehead atoms. The molecule has 0 unspecified atom stereocenters. The van der Waals surface area contributed by atoms with Crippen molar-refractivity contribution in [2.24, 2.45) is 11.8 Å². The Morgan fingerprint density at radius 1 is 0.979 bits per heavy atom. The van der Waals surface area contributed by atoms with Gasteiger partial charge < -0.3 is 34.0 Å². The van der Waals surface area contributed by atoms with Crippen LogP contribution in [0.1, 0.15) is 37.9 Å². The van der Waals surface area contributed by atoms with Crippen molar-refractivity contribution in [3.63, 3.8) is 0 Å². The monoisotopic (exact) mass is 728 g/mol. The Morgan fingerprint density at radius 2 is 1.73 bits per heavy atom. The first-order valence-corrected chi connectivity index (χ1v) is 17.7. The van der Waals surface area contributed by atoms with E-state index in [2.05, 4.69) is 20.8 Å². The lowest BCUT2D eigenvalue weighted by molar-refractivity contribution is -0.164. The van der Waals surface area contributed by atoms with E-state index in [1.165, 1.54) is 4.90 Å². The Hall–Kier alpha value is -3.10. The van der Waals surface area contributed by atoms with Gasteiger partial charge in [0.15, 0.2) is 0 Å². The van der Waals surface area contributed by atoms with E-state index in [4.69, 9.17) is 14.2 Å². The molecule has 0 aromatic heterocycles. The number of fused-ring (bicyclic) bond motifs is 2. The lowest BCUT2D eigenvalue weighted by Gasteiger charge is -2.37. The minimum atomic E-state index is -1.40. The number of rotatable bonds is 7. The second-order valence-corrected chi connectivity index (χ2v) is 14.1. The van der Waals surface area contributed by atoms with E-state index in [0.717, 1.165) is 18.7 Å². The van der Waals surface area contributed by atoms with Crippen LogP contribution >= 0.6 is 15.9 Å². The van der Waals surface area contributed by atoms with Gasteiger partial charge in [-0.1, -0.05) is 58.4 Å². The fraction of sp³-hybridized carbons (Fsp3) is 0.600. The molecule has 0 aliphatic carbocycles. The van der Waals surface area contributed by atoms with Crippen LogP contribution < -0.4 is 0 Å². The Morgan fingerprint density at radius 3 is 2.46 bits per heavy atom. The topological polar surface area (TPSA) is 129 Å². The van der Waals surface area contributed by atoms with Crippen molar-refractivity contribution in [1.82, 2.24) is 19.6 Å². The molecule has 48 heavy (non-hydrogen) atoms. The van der Waals surface area contributed by atoms with Crippen molar-refractivity contribution in [2.45, 2.75) is 56.1 Å². The Bertz CT molecular complexity index is 1430. The van der Waals surface area contributed by atoms with Gasteiger partial charge in [-0.2, -0.15) is 0 Å². The summed E-state index contributed by atoms with van der Waals surface area (Å²) >= 11 is 3.61. The number of hydrogen-bond acceptors (Lipinski definition) is 9. The molecule has 5 aliphatic heterocycles. The molecule has 1 N–H and O–H groups in total. The molecule has 5 heterocycles. The zero-order valence-corrected chi connectivity index (χ0v) is 29.1. The number of nitrogens with zero attached hydrogens (tertiary/aromatic N) is 4. The van der Waals surface area contributed by atoms with E-state index in [-0.39, 0.29) is 50.3 Å². The molecular weight excluding hydrogens is 684 g/mol. The molecule has 7 atom stereocenters. The van der Waals surface area contributed by atoms with Gasteiger partial charge in [0.25, 0.3) is 0 Å². The highest BCUT2D eigenvalue weighted by atomic mass is 79.9. The summed E-state index contributed by atoms with van der Waals surface area (Å²) in [7, 11) is 1.71. The van der Waals surface area contributed by atoms with E-state index < -0.39 is 47.7 Å². The number of amides is 3. The molecule has 6 rings (SSSR count). The second-order valence-electron chi connectivity index (χ2n) is 13.2. The largest absolute Gasteiger partial charge is 0.455 e. The average Bonchev–Trinajstić information content (AvgIpc) is 3.69. The van der Waals surface area contributed by atoms with Crippen LogP contribution in [0.3, 0.4) is 0 Å². The molecule has 12 nitrogen and oxygen atoms in total. The number of carbonyl (C=O) groups is 4. The van der Waals surface area contributed by atoms with E-state index in [0.29, 0.717) is 37.2 Å². The van der Waals surface area contributed by atoms with Crippen LogP contribution in [0.5, 0.6) is 0 Å². The smallest absolute Gasteiger partial charge is 0.313 e. The molecular formula is C35H45BrN4O8. The van der Waals surface area contributed by atoms with Gasteiger partial charge in [0.1, 0.15) is 29.8 Å². The highest BCUT2D eigenvalue weighted by molar-refractivity contribution is 9.11. The Labute approximate surface area is 289 Å². The maximum Gasteiger partial charge on any atom is 0.313 e. The second kappa shape index (κ2) is 14.8. The predicted molar refractivity (Wildman–Crippen MR) is 179 cm³/mol. The van der Waals surface area contributed by atoms with Crippen molar-refractivity contribution in [2.75, 3.05) is 66.1 Å². The zero-order valence-electron chi connectivity index (χ0n) is 27.5. The summed E-state index contributed by atoms with van der Waals surface area (Å²) in [4.78, 5) is 64.0. The van der Waals surface area contributed by atoms with Crippen LogP contribution in [0.2, 0.25) is 0 Å². The van der Waals surface area contributed by atoms with E-state index in [9.17, 15) is 24.3 Å². The lowest BCUT2D eigenvalue weighted by atomic mass is 9.74. The van der Waals surface area contributed by atoms with Gasteiger partial charge in [0, 0.05) is 63.8 Å². The highest BCUT2D eigenvalue weighted by Crippen LogP contribution is 2.59. The summed E-state index contributed by atoms with van der Waals surface area (Å²) in [5.41, 5.74) is -0.678. The van der Waals surface area contributed by atoms with Crippen LogP contribution in [0.15, 0.2) is 53.0 Å². The summed E-state index contributed by atoms with van der Waals surface area (Å²) in [6.07, 6.45) is 4.96. The number of hydrogen-bond donors (Lipinski definition) is 1. The minimum Gasteiger partial charge on any atom is -0.455 e. The summed E-state index contributed by atoms with van der Waals surface area (Å²) < 4.78 is 19.0. The van der Waals surface area contributed by atoms with Crippen LogP contribution in [-0.4, -0.2) is 138 Å². The minimum absolute atomic E-state index is 0.102. The van der Waals surface area contributed by atoms with Crippen molar-refractivity contribution in [3.8, 4) is 0 Å². The van der Waals surface area contributed by atoms with Crippen molar-refractivity contribution in [1.29, 1.82) is 0 Å². The van der Waals surface area contributed by atoms with Gasteiger partial charge in [-0.25, -0.2) is 0 Å². The Kier molecular flexibility index (Phi) is 10.7. The quantitative estimate of drug-likeness (QED) is 0.331. The van der Waals surface area contributed by atoms with Crippen molar-refractivity contribution in [3.05, 3.63) is 58.6 Å². The van der Waals surface area contributed by atoms with Gasteiger partial charge in [0.2, 0.25) is 17.7 Å². The predicted octanol–water partition coefficient (Wildman–Crippen LogP) is 1.88. The normalized spacial score (nSPS) is 34.0. The fourth-order valence-electron chi connectivity index (χ4n) is 7.72. The standard InChI is InChI=1S/C35H45BrN4O8/c1-23-29(24-10-5-3-6-11-24)47-34(45)27-28-32(43)40(14-9-19-41)31(35(28)22-25(36)30(27)48-35)33(44)39(16-15-38-17-20-46-21-18-38)13-8-4-7-12-26(42)37(23)2/h3-6,8,10-11,22-23,27-31,41H,7,9,12-21H2,1-2H3/b8-4-/t23-,27+,28-,29+,30+,31+,35-/m0/s1. The van der Waals surface area contributed by atoms with Crippen LogP contribution in [-0.2, 0) is 33.4 Å². The third-order valence-corrected chi connectivity index (χ3v) is 11.1. The molecule has 1 spiro atoms. The fourth-order valence-corrected chi connectivity index (χ4v) is 8.46. The first-order chi connectivity index (χ1) is 23.2. The number of morpholine rings is 1. The van der Waals surface area contributed by atoms with E-state index in [1.807, 2.05) is 49.4 Å². The molecule has 1 aromatic rings. The molecule has 0 radical (unpaired) electrons. The molecule has 3 amide bonds. The van der Waals surface area contributed by atoms with Gasteiger partial charge in [-0.05, 0) is 31.4 Å². The molecule has 13 heteroatoms. The number of aliphatic hydroxyl groups is 1. The highest BCUT2D eigenvalue weighted by Gasteiger charge is 2.75. The number of likely N-dealkylation sites (N-methyl/N-ethyl adjacent to an activating group) is 1. The maximum absolute atomic E-state index is 14.8. The number of halogens is 1. The number of esters is 1. The van der Waals surface area contributed by atoms with Crippen LogP contribution in [0, 0.1) is 11.8 Å². The summed E-state index contributed by atoms with van der Waals surface area (Å²) in [5, 5.41) is 9.75. The molecule has 1 aromatic carbocycles. The number of allylic oxidation sites excluding steroid dienone is 1. The first-order valence-electron chi connectivity index (χ1n) is 16.9. The van der Waals surface area contributed by atoms with Crippen molar-refractivity contribution < 1.29 is 38.5 Å². The van der Waals surface area contributed by atoms with E-state index in [1.54, 1.807) is 22.9 Å². The number of aliphatic hydroxyl groups excluding tert-OH is 1. The van der Waals surface area contributed by atoms with Gasteiger partial charge >= 0.3 is 5.97 Å². The van der Waals surface area contributed by atoms with Gasteiger partial charge in [-0.15, -0.1) is 0 Å². The van der Waals surface area contributed by atoms with Crippen LogP contribution in [0.4, 0.5) is 0 Å². The summed E-state index contributed by atoms with van der Waals surface area (Å²) in [6, 6.07) is 7.71. The third kappa shape index (κ3) is 6.47. The van der Waals surface area contributed by atoms with Crippen LogP contribution in [0.25, 0.3) is 0 Å². The van der Waals surface area contributed by atoms with E-state index >= 15 is 0 Å². The number of carbonyl (C=O) groups excluding carboxylic acids is 4. The molecule has 0 saturated carbocycles. The molecule has 260 valence electrons. The van der Waals surface area contributed by atoms with Gasteiger partial charge in [0.05, 0.1) is 25.2 Å². The number of likely N-dealkylation sites (tertiary alicyclic amines) is 1. The number of benzene rings is 1. The third-order valence-electron chi connectivity index (χ3n) is 10.4. The summed E-state index contributed by atoms with van der Waals surface area (Å²) in [6.45, 7) is 5.89. The molecule has 3 saturated heterocycles. The molecule has 5 aliphatic rings. The maximum atomic E-state index is 14.8. The number of cyclic esters (lactones) is 1. The van der Waals surface area contributed by atoms with Crippen molar-refractivity contribution >= 4 is 39.6 Å². The lowest BCUT2D eigenvalue weighted by Crippen LogP contribution is -2.57. The average molecular weight is 730 g/mol.